The maximum absolute atomic E-state index is 12.1. The number of hydrogen-bond acceptors (Lipinski definition) is 3. The topological polar surface area (TPSA) is 51.5 Å². The first-order valence-corrected chi connectivity index (χ1v) is 5.54. The van der Waals surface area contributed by atoms with E-state index in [1.165, 1.54) is 12.1 Å². The highest BCUT2D eigenvalue weighted by molar-refractivity contribution is 6.14. The Bertz CT molecular complexity index is 667. The van der Waals surface area contributed by atoms with Gasteiger partial charge in [0, 0.05) is 31.1 Å². The van der Waals surface area contributed by atoms with E-state index in [1.807, 2.05) is 29.9 Å². The van der Waals surface area contributed by atoms with E-state index in [0.29, 0.717) is 11.3 Å². The van der Waals surface area contributed by atoms with Crippen LogP contribution in [0.5, 0.6) is 11.5 Å². The lowest BCUT2D eigenvalue weighted by Crippen LogP contribution is -1.99. The predicted octanol–water partition coefficient (Wildman–Crippen LogP) is 2.35. The third-order valence-corrected chi connectivity index (χ3v) is 2.92. The molecule has 0 fully saturated rings. The van der Waals surface area contributed by atoms with Gasteiger partial charge in [-0.05, 0) is 24.3 Å². The fraction of sp³-hybridized carbons (Fsp3) is 0.0714. The van der Waals surface area contributed by atoms with Crippen LogP contribution in [0.2, 0.25) is 0 Å². The number of allylic oxidation sites excluding steroid dienone is 1. The number of nitrogens with zero attached hydrogens (tertiary/aromatic N) is 1. The number of aryl methyl sites for hydroxylation is 1. The van der Waals surface area contributed by atoms with Crippen LogP contribution in [0.1, 0.15) is 16.1 Å². The van der Waals surface area contributed by atoms with Crippen LogP contribution in [-0.4, -0.2) is 15.5 Å². The number of Topliss-reactive ketones (excluding diaryl/α,β-unsaturated/α-hetero) is 1. The Balaban J connectivity index is 2.02. The molecular formula is C14H11NO3. The van der Waals surface area contributed by atoms with Gasteiger partial charge in [0.15, 0.2) is 5.76 Å². The van der Waals surface area contributed by atoms with Gasteiger partial charge in [0.05, 0.1) is 5.56 Å². The molecule has 1 aromatic carbocycles. The monoisotopic (exact) mass is 241 g/mol. The van der Waals surface area contributed by atoms with E-state index in [4.69, 9.17) is 4.74 Å². The van der Waals surface area contributed by atoms with Crippen LogP contribution in [0.15, 0.2) is 42.3 Å². The molecule has 0 bridgehead atoms. The molecule has 1 aliphatic rings. The van der Waals surface area contributed by atoms with Crippen LogP contribution >= 0.6 is 0 Å². The molecule has 0 atom stereocenters. The van der Waals surface area contributed by atoms with E-state index in [2.05, 4.69) is 0 Å². The van der Waals surface area contributed by atoms with Crippen molar-refractivity contribution in [3.8, 4) is 11.5 Å². The Morgan fingerprint density at radius 1 is 1.33 bits per heavy atom. The number of fused-ring (bicyclic) bond motifs is 1. The zero-order valence-electron chi connectivity index (χ0n) is 9.75. The van der Waals surface area contributed by atoms with Crippen molar-refractivity contribution < 1.29 is 14.6 Å². The molecule has 4 nitrogen and oxygen atoms in total. The number of aromatic nitrogens is 1. The van der Waals surface area contributed by atoms with E-state index in [0.717, 1.165) is 5.69 Å². The first kappa shape index (κ1) is 10.7. The van der Waals surface area contributed by atoms with Gasteiger partial charge in [-0.2, -0.15) is 0 Å². The molecule has 2 aromatic rings. The standard InChI is InChI=1S/C14H11NO3/c1-15-6-2-3-9(15)7-13-14(17)11-5-4-10(16)8-12(11)18-13/h2-8,16H,1H3/b13-7-. The third kappa shape index (κ3) is 1.59. The van der Waals surface area contributed by atoms with Crippen LogP contribution < -0.4 is 4.74 Å². The zero-order chi connectivity index (χ0) is 12.7. The molecule has 0 unspecified atom stereocenters. The molecule has 2 heterocycles. The van der Waals surface area contributed by atoms with Crippen LogP contribution in [-0.2, 0) is 7.05 Å². The highest BCUT2D eigenvalue weighted by Gasteiger charge is 2.27. The summed E-state index contributed by atoms with van der Waals surface area (Å²) in [7, 11) is 1.89. The van der Waals surface area contributed by atoms with Gasteiger partial charge in [0.1, 0.15) is 11.5 Å². The summed E-state index contributed by atoms with van der Waals surface area (Å²) < 4.78 is 7.36. The molecule has 0 spiro atoms. The maximum Gasteiger partial charge on any atom is 0.232 e. The average molecular weight is 241 g/mol. The van der Waals surface area contributed by atoms with Crippen molar-refractivity contribution in [3.63, 3.8) is 0 Å². The van der Waals surface area contributed by atoms with E-state index < -0.39 is 0 Å². The molecule has 4 heteroatoms. The highest BCUT2D eigenvalue weighted by atomic mass is 16.5. The lowest BCUT2D eigenvalue weighted by atomic mass is 10.1. The van der Waals surface area contributed by atoms with Crippen LogP contribution in [0.4, 0.5) is 0 Å². The first-order valence-electron chi connectivity index (χ1n) is 5.54. The summed E-state index contributed by atoms with van der Waals surface area (Å²) in [5, 5.41) is 9.35. The smallest absolute Gasteiger partial charge is 0.232 e. The second kappa shape index (κ2) is 3.77. The molecule has 0 amide bonds. The predicted molar refractivity (Wildman–Crippen MR) is 66.5 cm³/mol. The number of phenols is 1. The number of ether oxygens (including phenoxy) is 1. The van der Waals surface area contributed by atoms with Crippen molar-refractivity contribution in [3.05, 3.63) is 53.5 Å². The van der Waals surface area contributed by atoms with Crippen molar-refractivity contribution in [1.82, 2.24) is 4.57 Å². The van der Waals surface area contributed by atoms with Gasteiger partial charge in [-0.3, -0.25) is 4.79 Å². The van der Waals surface area contributed by atoms with Gasteiger partial charge in [-0.25, -0.2) is 0 Å². The Hall–Kier alpha value is -2.49. The summed E-state index contributed by atoms with van der Waals surface area (Å²) in [6.07, 6.45) is 3.59. The Labute approximate surface area is 104 Å². The minimum atomic E-state index is -0.161. The van der Waals surface area contributed by atoms with Gasteiger partial charge in [-0.15, -0.1) is 0 Å². The highest BCUT2D eigenvalue weighted by Crippen LogP contribution is 2.34. The number of ketones is 1. The Morgan fingerprint density at radius 2 is 2.17 bits per heavy atom. The molecule has 0 saturated heterocycles. The van der Waals surface area contributed by atoms with Gasteiger partial charge in [0.25, 0.3) is 0 Å². The summed E-state index contributed by atoms with van der Waals surface area (Å²) in [5.41, 5.74) is 1.36. The number of aromatic hydroxyl groups is 1. The lowest BCUT2D eigenvalue weighted by molar-refractivity contribution is 0.101. The fourth-order valence-electron chi connectivity index (χ4n) is 1.93. The van der Waals surface area contributed by atoms with Crippen molar-refractivity contribution in [2.24, 2.45) is 7.05 Å². The van der Waals surface area contributed by atoms with Crippen LogP contribution in [0, 0.1) is 0 Å². The molecule has 0 saturated carbocycles. The average Bonchev–Trinajstić information content (AvgIpc) is 2.86. The zero-order valence-corrected chi connectivity index (χ0v) is 9.75. The van der Waals surface area contributed by atoms with E-state index in [9.17, 15) is 9.90 Å². The van der Waals surface area contributed by atoms with Crippen LogP contribution in [0.25, 0.3) is 6.08 Å². The number of benzene rings is 1. The van der Waals surface area contributed by atoms with Crippen molar-refractivity contribution in [2.75, 3.05) is 0 Å². The molecule has 1 aromatic heterocycles. The van der Waals surface area contributed by atoms with Crippen molar-refractivity contribution in [1.29, 1.82) is 0 Å². The number of hydrogen-bond donors (Lipinski definition) is 1. The number of carbonyl (C=O) groups excluding carboxylic acids is 1. The number of phenolic OH excluding ortho intramolecular Hbond substituents is 1. The Morgan fingerprint density at radius 3 is 2.89 bits per heavy atom. The molecule has 0 radical (unpaired) electrons. The minimum absolute atomic E-state index is 0.0849. The van der Waals surface area contributed by atoms with Crippen molar-refractivity contribution in [2.45, 2.75) is 0 Å². The normalized spacial score (nSPS) is 15.8. The summed E-state index contributed by atoms with van der Waals surface area (Å²) in [4.78, 5) is 12.1. The second-order valence-corrected chi connectivity index (χ2v) is 4.16. The van der Waals surface area contributed by atoms with Gasteiger partial charge < -0.3 is 14.4 Å². The summed E-state index contributed by atoms with van der Waals surface area (Å²) >= 11 is 0. The summed E-state index contributed by atoms with van der Waals surface area (Å²) in [6, 6.07) is 8.28. The Kier molecular flexibility index (Phi) is 2.23. The largest absolute Gasteiger partial charge is 0.508 e. The van der Waals surface area contributed by atoms with E-state index in [1.54, 1.807) is 12.1 Å². The van der Waals surface area contributed by atoms with Gasteiger partial charge >= 0.3 is 0 Å². The molecule has 3 rings (SSSR count). The molecule has 1 N–H and O–H groups in total. The minimum Gasteiger partial charge on any atom is -0.508 e. The SMILES string of the molecule is Cn1cccc1/C=C1\Oc2cc(O)ccc2C1=O. The second-order valence-electron chi connectivity index (χ2n) is 4.16. The molecule has 18 heavy (non-hydrogen) atoms. The molecule has 0 aliphatic carbocycles. The number of carbonyl (C=O) groups is 1. The number of rotatable bonds is 1. The molecular weight excluding hydrogens is 230 g/mol. The maximum atomic E-state index is 12.1. The van der Waals surface area contributed by atoms with E-state index in [-0.39, 0.29) is 17.3 Å². The van der Waals surface area contributed by atoms with Crippen molar-refractivity contribution >= 4 is 11.9 Å². The van der Waals surface area contributed by atoms with E-state index >= 15 is 0 Å². The molecule has 1 aliphatic heterocycles. The van der Waals surface area contributed by atoms with Crippen LogP contribution in [0.3, 0.4) is 0 Å². The quantitative estimate of drug-likeness (QED) is 0.780. The van der Waals surface area contributed by atoms with Gasteiger partial charge in [0.2, 0.25) is 5.78 Å². The molecule has 90 valence electrons. The first-order chi connectivity index (χ1) is 8.65. The summed E-state index contributed by atoms with van der Waals surface area (Å²) in [6.45, 7) is 0. The van der Waals surface area contributed by atoms with Gasteiger partial charge in [-0.1, -0.05) is 0 Å². The third-order valence-electron chi connectivity index (χ3n) is 2.92. The lowest BCUT2D eigenvalue weighted by Gasteiger charge is -1.99. The fourth-order valence-corrected chi connectivity index (χ4v) is 1.93. The summed E-state index contributed by atoms with van der Waals surface area (Å²) in [5.74, 6) is 0.603.